The number of carbonyl (C=O) groups is 3. The Morgan fingerprint density at radius 3 is 2.06 bits per heavy atom. The van der Waals surface area contributed by atoms with Gasteiger partial charge in [0.2, 0.25) is 5.91 Å². The molecule has 0 bridgehead atoms. The van der Waals surface area contributed by atoms with Gasteiger partial charge in [-0.05, 0) is 34.1 Å². The Hall–Kier alpha value is -3.49. The molecule has 1 aliphatic carbocycles. The maximum atomic E-state index is 13.0. The summed E-state index contributed by atoms with van der Waals surface area (Å²) in [5, 5.41) is 13.5. The van der Waals surface area contributed by atoms with Crippen molar-refractivity contribution in [2.75, 3.05) is 13.2 Å². The highest BCUT2D eigenvalue weighted by Gasteiger charge is 2.30. The van der Waals surface area contributed by atoms with Crippen LogP contribution >= 0.6 is 0 Å². The summed E-state index contributed by atoms with van der Waals surface area (Å²) in [5.41, 5.74) is 4.42. The van der Waals surface area contributed by atoms with E-state index >= 15 is 0 Å². The third kappa shape index (κ3) is 6.77. The van der Waals surface area contributed by atoms with Crippen molar-refractivity contribution in [1.82, 2.24) is 10.6 Å². The number of benzene rings is 2. The van der Waals surface area contributed by atoms with Crippen LogP contribution in [0.2, 0.25) is 0 Å². The minimum absolute atomic E-state index is 0.0425. The first-order chi connectivity index (χ1) is 16.7. The fourth-order valence-corrected chi connectivity index (χ4v) is 4.30. The van der Waals surface area contributed by atoms with Crippen LogP contribution in [0.4, 0.5) is 13.6 Å². The summed E-state index contributed by atoms with van der Waals surface area (Å²) >= 11 is 0. The topological polar surface area (TPSA) is 105 Å². The van der Waals surface area contributed by atoms with Crippen molar-refractivity contribution >= 4 is 18.0 Å². The molecule has 1 aliphatic rings. The van der Waals surface area contributed by atoms with Crippen molar-refractivity contribution in [2.45, 2.75) is 45.1 Å². The number of hydrogen-bond donors (Lipinski definition) is 3. The van der Waals surface area contributed by atoms with Crippen LogP contribution in [-0.4, -0.2) is 48.7 Å². The number of carboxylic acids is 1. The van der Waals surface area contributed by atoms with E-state index in [1.54, 1.807) is 0 Å². The Kier molecular flexibility index (Phi) is 8.78. The van der Waals surface area contributed by atoms with E-state index in [4.69, 9.17) is 9.84 Å². The van der Waals surface area contributed by atoms with Crippen LogP contribution in [0.3, 0.4) is 0 Å². The number of halogens is 2. The van der Waals surface area contributed by atoms with Gasteiger partial charge in [-0.3, -0.25) is 9.59 Å². The third-order valence-electron chi connectivity index (χ3n) is 6.29. The van der Waals surface area contributed by atoms with E-state index in [2.05, 4.69) is 10.6 Å². The lowest BCUT2D eigenvalue weighted by Gasteiger charge is -2.23. The fourth-order valence-electron chi connectivity index (χ4n) is 4.30. The van der Waals surface area contributed by atoms with Gasteiger partial charge in [-0.25, -0.2) is 13.6 Å². The number of rotatable bonds is 11. The molecule has 2 amide bonds. The van der Waals surface area contributed by atoms with Crippen molar-refractivity contribution in [1.29, 1.82) is 0 Å². The molecule has 0 aromatic heterocycles. The minimum Gasteiger partial charge on any atom is -0.481 e. The van der Waals surface area contributed by atoms with Gasteiger partial charge in [0.1, 0.15) is 12.6 Å². The smallest absolute Gasteiger partial charge is 0.407 e. The molecule has 2 aromatic carbocycles. The molecule has 0 radical (unpaired) electrons. The number of ether oxygens (including phenoxy) is 1. The van der Waals surface area contributed by atoms with Gasteiger partial charge in [0.05, 0.1) is 6.42 Å². The zero-order valence-electron chi connectivity index (χ0n) is 19.7. The number of carbonyl (C=O) groups excluding carboxylic acids is 2. The Morgan fingerprint density at radius 1 is 0.971 bits per heavy atom. The number of nitrogens with one attached hydrogen (secondary N) is 2. The zero-order valence-corrected chi connectivity index (χ0v) is 19.7. The highest BCUT2D eigenvalue weighted by atomic mass is 19.3. The van der Waals surface area contributed by atoms with E-state index in [0.29, 0.717) is 0 Å². The summed E-state index contributed by atoms with van der Waals surface area (Å²) in [7, 11) is 0. The van der Waals surface area contributed by atoms with Gasteiger partial charge in [0.15, 0.2) is 0 Å². The van der Waals surface area contributed by atoms with Gasteiger partial charge in [-0.15, -0.1) is 0 Å². The number of hydrogen-bond acceptors (Lipinski definition) is 4. The van der Waals surface area contributed by atoms with Gasteiger partial charge in [0, 0.05) is 18.9 Å². The summed E-state index contributed by atoms with van der Waals surface area (Å²) < 4.78 is 31.5. The summed E-state index contributed by atoms with van der Waals surface area (Å²) in [6.45, 7) is 3.95. The molecule has 0 heterocycles. The van der Waals surface area contributed by atoms with Crippen molar-refractivity contribution < 1.29 is 33.0 Å². The second kappa shape index (κ2) is 11.8. The van der Waals surface area contributed by atoms with Crippen LogP contribution < -0.4 is 10.6 Å². The molecule has 0 spiro atoms. The van der Waals surface area contributed by atoms with E-state index in [1.807, 2.05) is 62.4 Å². The normalized spacial score (nSPS) is 14.2. The molecule has 0 saturated heterocycles. The molecule has 2 unspecified atom stereocenters. The Bertz CT molecular complexity index is 1010. The van der Waals surface area contributed by atoms with E-state index < -0.39 is 36.9 Å². The highest BCUT2D eigenvalue weighted by molar-refractivity contribution is 5.79. The largest absolute Gasteiger partial charge is 0.481 e. The zero-order chi connectivity index (χ0) is 25.5. The number of carboxylic acid groups (broad SMARTS) is 1. The Morgan fingerprint density at radius 2 is 1.54 bits per heavy atom. The van der Waals surface area contributed by atoms with Crippen LogP contribution in [0.5, 0.6) is 0 Å². The van der Waals surface area contributed by atoms with Crippen molar-refractivity contribution in [3.8, 4) is 11.1 Å². The first kappa shape index (κ1) is 26.1. The lowest BCUT2D eigenvalue weighted by molar-refractivity contribution is -0.139. The number of amides is 2. The van der Waals surface area contributed by atoms with E-state index in [1.165, 1.54) is 0 Å². The van der Waals surface area contributed by atoms with E-state index in [0.717, 1.165) is 22.3 Å². The molecule has 2 aromatic rings. The summed E-state index contributed by atoms with van der Waals surface area (Å²) in [6, 6.07) is 14.2. The average molecular weight is 489 g/mol. The molecule has 188 valence electrons. The molecule has 2 atom stereocenters. The number of alkyl halides is 2. The lowest BCUT2D eigenvalue weighted by atomic mass is 9.92. The molecule has 3 N–H and O–H groups in total. The van der Waals surface area contributed by atoms with Crippen LogP contribution in [0.1, 0.15) is 43.7 Å². The molecule has 7 nitrogen and oxygen atoms in total. The third-order valence-corrected chi connectivity index (χ3v) is 6.29. The average Bonchev–Trinajstić information content (AvgIpc) is 3.13. The predicted octanol–water partition coefficient (Wildman–Crippen LogP) is 4.41. The number of fused-ring (bicyclic) bond motifs is 3. The molecule has 0 fully saturated rings. The Labute approximate surface area is 202 Å². The molecular formula is C26H30F2N2O5. The number of alkyl carbamates (subject to hydrolysis) is 1. The van der Waals surface area contributed by atoms with Crippen molar-refractivity contribution in [2.24, 2.45) is 11.8 Å². The first-order valence-electron chi connectivity index (χ1n) is 11.6. The maximum Gasteiger partial charge on any atom is 0.407 e. The van der Waals surface area contributed by atoms with Gasteiger partial charge in [0.25, 0.3) is 6.43 Å². The SMILES string of the molecule is CC(C)C(CNC(=O)OCC1c2ccccc2-c2ccccc21)CC(=O)NC(CC(=O)O)C(F)F. The molecule has 35 heavy (non-hydrogen) atoms. The van der Waals surface area contributed by atoms with E-state index in [9.17, 15) is 23.2 Å². The molecule has 0 saturated carbocycles. The monoisotopic (exact) mass is 488 g/mol. The minimum atomic E-state index is -2.99. The van der Waals surface area contributed by atoms with Crippen LogP contribution in [0.25, 0.3) is 11.1 Å². The van der Waals surface area contributed by atoms with Crippen molar-refractivity contribution in [3.63, 3.8) is 0 Å². The Balaban J connectivity index is 1.53. The fraction of sp³-hybridized carbons (Fsp3) is 0.423. The quantitative estimate of drug-likeness (QED) is 0.435. The first-order valence-corrected chi connectivity index (χ1v) is 11.6. The van der Waals surface area contributed by atoms with Crippen LogP contribution in [0.15, 0.2) is 48.5 Å². The molecule has 9 heteroatoms. The lowest BCUT2D eigenvalue weighted by Crippen LogP contribution is -2.43. The summed E-state index contributed by atoms with van der Waals surface area (Å²) in [4.78, 5) is 35.4. The van der Waals surface area contributed by atoms with Crippen LogP contribution in [0, 0.1) is 11.8 Å². The summed E-state index contributed by atoms with van der Waals surface area (Å²) in [6.07, 6.45) is -4.63. The van der Waals surface area contributed by atoms with E-state index in [-0.39, 0.29) is 37.3 Å². The van der Waals surface area contributed by atoms with Crippen molar-refractivity contribution in [3.05, 3.63) is 59.7 Å². The van der Waals surface area contributed by atoms with Gasteiger partial charge < -0.3 is 20.5 Å². The predicted molar refractivity (Wildman–Crippen MR) is 126 cm³/mol. The summed E-state index contributed by atoms with van der Waals surface area (Å²) in [5.74, 6) is -2.59. The second-order valence-electron chi connectivity index (χ2n) is 9.02. The number of aliphatic carboxylic acids is 1. The standard InChI is InChI=1S/C26H30F2N2O5/c1-15(2)16(11-23(31)30-22(25(27)28)12-24(32)33)13-29-26(34)35-14-21-19-9-5-3-7-17(19)18-8-4-6-10-20(18)21/h3-10,15-16,21-22,25H,11-14H2,1-2H3,(H,29,34)(H,30,31)(H,32,33). The van der Waals surface area contributed by atoms with Crippen LogP contribution in [-0.2, 0) is 14.3 Å². The molecule has 0 aliphatic heterocycles. The molecular weight excluding hydrogens is 458 g/mol. The van der Waals surface area contributed by atoms with Gasteiger partial charge >= 0.3 is 12.1 Å². The maximum absolute atomic E-state index is 13.0. The highest BCUT2D eigenvalue weighted by Crippen LogP contribution is 2.44. The molecule has 3 rings (SSSR count). The second-order valence-corrected chi connectivity index (χ2v) is 9.02. The van der Waals surface area contributed by atoms with Gasteiger partial charge in [-0.2, -0.15) is 0 Å². The van der Waals surface area contributed by atoms with Gasteiger partial charge in [-0.1, -0.05) is 62.4 Å².